The van der Waals surface area contributed by atoms with Crippen LogP contribution in [0.15, 0.2) is 23.1 Å². The van der Waals surface area contributed by atoms with Gasteiger partial charge in [-0.1, -0.05) is 0 Å². The molecule has 0 aliphatic carbocycles. The molecule has 0 saturated carbocycles. The van der Waals surface area contributed by atoms with Gasteiger partial charge >= 0.3 is 0 Å². The SMILES string of the molecule is CNc1ccc(P(C)(C)=O)cc1S(C)(=O)=O. The van der Waals surface area contributed by atoms with E-state index in [-0.39, 0.29) is 4.90 Å². The number of hydrogen-bond donors (Lipinski definition) is 1. The third-order valence-corrected chi connectivity index (χ3v) is 4.91. The molecule has 1 aromatic carbocycles. The van der Waals surface area contributed by atoms with E-state index in [1.54, 1.807) is 32.5 Å². The molecule has 0 bridgehead atoms. The lowest BCUT2D eigenvalue weighted by Crippen LogP contribution is -2.10. The summed E-state index contributed by atoms with van der Waals surface area (Å²) < 4.78 is 35.0. The number of hydrogen-bond acceptors (Lipinski definition) is 4. The maximum absolute atomic E-state index is 11.9. The Morgan fingerprint density at radius 3 is 2.19 bits per heavy atom. The van der Waals surface area contributed by atoms with E-state index in [4.69, 9.17) is 0 Å². The first kappa shape index (κ1) is 13.3. The lowest BCUT2D eigenvalue weighted by atomic mass is 10.3. The summed E-state index contributed by atoms with van der Waals surface area (Å²) in [5.41, 5.74) is 0.528. The first-order valence-corrected chi connectivity index (χ1v) is 9.23. The van der Waals surface area contributed by atoms with Crippen LogP contribution in [0.25, 0.3) is 0 Å². The van der Waals surface area contributed by atoms with Crippen molar-refractivity contribution in [2.45, 2.75) is 4.90 Å². The van der Waals surface area contributed by atoms with Crippen molar-refractivity contribution >= 4 is 28.0 Å². The van der Waals surface area contributed by atoms with E-state index in [0.29, 0.717) is 11.0 Å². The molecular formula is C10H16NO3PS. The van der Waals surface area contributed by atoms with Crippen molar-refractivity contribution < 1.29 is 13.0 Å². The van der Waals surface area contributed by atoms with Crippen molar-refractivity contribution in [2.75, 3.05) is 31.9 Å². The number of rotatable bonds is 3. The quantitative estimate of drug-likeness (QED) is 0.835. The topological polar surface area (TPSA) is 63.2 Å². The fraction of sp³-hybridized carbons (Fsp3) is 0.400. The van der Waals surface area contributed by atoms with Gasteiger partial charge in [0.25, 0.3) is 0 Å². The van der Waals surface area contributed by atoms with Crippen LogP contribution in [0.4, 0.5) is 5.69 Å². The molecule has 6 heteroatoms. The molecule has 0 fully saturated rings. The van der Waals surface area contributed by atoms with Crippen LogP contribution >= 0.6 is 7.14 Å². The van der Waals surface area contributed by atoms with Crippen LogP contribution < -0.4 is 10.6 Å². The molecule has 16 heavy (non-hydrogen) atoms. The highest BCUT2D eigenvalue weighted by atomic mass is 32.2. The average molecular weight is 261 g/mol. The number of anilines is 1. The maximum atomic E-state index is 11.9. The molecular weight excluding hydrogens is 245 g/mol. The van der Waals surface area contributed by atoms with Crippen molar-refractivity contribution in [3.63, 3.8) is 0 Å². The highest BCUT2D eigenvalue weighted by Gasteiger charge is 2.18. The second-order valence-electron chi connectivity index (χ2n) is 4.05. The summed E-state index contributed by atoms with van der Waals surface area (Å²) in [6.45, 7) is 3.24. The molecule has 0 spiro atoms. The van der Waals surface area contributed by atoms with Gasteiger partial charge in [-0.05, 0) is 31.5 Å². The highest BCUT2D eigenvalue weighted by Crippen LogP contribution is 2.36. The molecule has 0 atom stereocenters. The molecule has 90 valence electrons. The molecule has 0 aliphatic heterocycles. The van der Waals surface area contributed by atoms with Gasteiger partial charge in [-0.2, -0.15) is 0 Å². The van der Waals surface area contributed by atoms with Crippen molar-refractivity contribution in [1.82, 2.24) is 0 Å². The van der Waals surface area contributed by atoms with Crippen LogP contribution in [0.5, 0.6) is 0 Å². The molecule has 0 unspecified atom stereocenters. The van der Waals surface area contributed by atoms with Gasteiger partial charge in [0.1, 0.15) is 7.14 Å². The van der Waals surface area contributed by atoms with Crippen LogP contribution in [0, 0.1) is 0 Å². The normalized spacial score (nSPS) is 12.5. The van der Waals surface area contributed by atoms with Crippen molar-refractivity contribution in [3.05, 3.63) is 18.2 Å². The van der Waals surface area contributed by atoms with Gasteiger partial charge in [0.15, 0.2) is 9.84 Å². The van der Waals surface area contributed by atoms with Crippen LogP contribution in [0.1, 0.15) is 0 Å². The Morgan fingerprint density at radius 1 is 1.25 bits per heavy atom. The Hall–Kier alpha value is -0.800. The zero-order valence-corrected chi connectivity index (χ0v) is 11.5. The van der Waals surface area contributed by atoms with E-state index in [1.165, 1.54) is 6.07 Å². The maximum Gasteiger partial charge on any atom is 0.177 e. The van der Waals surface area contributed by atoms with Gasteiger partial charge < -0.3 is 9.88 Å². The summed E-state index contributed by atoms with van der Waals surface area (Å²) in [6, 6.07) is 4.83. The summed E-state index contributed by atoms with van der Waals surface area (Å²) in [5.74, 6) is 0. The van der Waals surface area contributed by atoms with E-state index >= 15 is 0 Å². The summed E-state index contributed by atoms with van der Waals surface area (Å²) in [7, 11) is -4.10. The minimum atomic E-state index is -3.31. The standard InChI is InChI=1S/C10H16NO3PS/c1-11-9-6-5-8(15(2,3)12)7-10(9)16(4,13)14/h5-7,11H,1-4H3. The van der Waals surface area contributed by atoms with Crippen LogP contribution in [0.2, 0.25) is 0 Å². The Kier molecular flexibility index (Phi) is 3.50. The second-order valence-corrected chi connectivity index (χ2v) is 9.26. The van der Waals surface area contributed by atoms with Gasteiger partial charge in [0.2, 0.25) is 0 Å². The predicted molar refractivity (Wildman–Crippen MR) is 68.2 cm³/mol. The summed E-state index contributed by atoms with van der Waals surface area (Å²) in [6.07, 6.45) is 1.14. The monoisotopic (exact) mass is 261 g/mol. The van der Waals surface area contributed by atoms with Crippen molar-refractivity contribution in [3.8, 4) is 0 Å². The minimum absolute atomic E-state index is 0.191. The van der Waals surface area contributed by atoms with E-state index in [0.717, 1.165) is 6.26 Å². The molecule has 0 aliphatic rings. The number of sulfone groups is 1. The Balaban J connectivity index is 3.52. The lowest BCUT2D eigenvalue weighted by molar-refractivity contribution is 0.588. The molecule has 0 radical (unpaired) electrons. The summed E-state index contributed by atoms with van der Waals surface area (Å²) in [5, 5.41) is 3.39. The van der Waals surface area contributed by atoms with Gasteiger partial charge in [0, 0.05) is 18.6 Å². The lowest BCUT2D eigenvalue weighted by Gasteiger charge is -2.12. The van der Waals surface area contributed by atoms with Crippen LogP contribution in [-0.4, -0.2) is 35.1 Å². The smallest absolute Gasteiger partial charge is 0.177 e. The van der Waals surface area contributed by atoms with Gasteiger partial charge in [0.05, 0.1) is 10.6 Å². The third-order valence-electron chi connectivity index (χ3n) is 2.26. The molecule has 0 saturated heterocycles. The highest BCUT2D eigenvalue weighted by molar-refractivity contribution is 7.91. The first-order valence-electron chi connectivity index (χ1n) is 4.73. The number of benzene rings is 1. The Labute approximate surface area is 96.4 Å². The van der Waals surface area contributed by atoms with E-state index in [9.17, 15) is 13.0 Å². The first-order chi connectivity index (χ1) is 7.16. The fourth-order valence-corrected chi connectivity index (χ4v) is 3.23. The van der Waals surface area contributed by atoms with E-state index in [2.05, 4.69) is 5.32 Å². The van der Waals surface area contributed by atoms with Crippen molar-refractivity contribution in [1.29, 1.82) is 0 Å². The predicted octanol–water partition coefficient (Wildman–Crippen LogP) is 1.38. The molecule has 1 aromatic rings. The third kappa shape index (κ3) is 2.86. The van der Waals surface area contributed by atoms with Gasteiger partial charge in [-0.25, -0.2) is 8.42 Å². The molecule has 0 heterocycles. The second kappa shape index (κ2) is 4.22. The Morgan fingerprint density at radius 2 is 1.81 bits per heavy atom. The van der Waals surface area contributed by atoms with Crippen LogP contribution in [0.3, 0.4) is 0 Å². The molecule has 1 N–H and O–H groups in total. The fourth-order valence-electron chi connectivity index (χ4n) is 1.36. The van der Waals surface area contributed by atoms with E-state index in [1.807, 2.05) is 0 Å². The molecule has 1 rings (SSSR count). The van der Waals surface area contributed by atoms with E-state index < -0.39 is 17.0 Å². The van der Waals surface area contributed by atoms with Crippen LogP contribution in [-0.2, 0) is 14.4 Å². The molecule has 0 aromatic heterocycles. The molecule has 0 amide bonds. The largest absolute Gasteiger partial charge is 0.387 e. The minimum Gasteiger partial charge on any atom is -0.387 e. The van der Waals surface area contributed by atoms with Crippen molar-refractivity contribution in [2.24, 2.45) is 0 Å². The summed E-state index contributed by atoms with van der Waals surface area (Å²) >= 11 is 0. The zero-order valence-electron chi connectivity index (χ0n) is 9.81. The average Bonchev–Trinajstić information content (AvgIpc) is 2.14. The number of nitrogens with one attached hydrogen (secondary N) is 1. The zero-order chi connectivity index (χ0) is 12.6. The Bertz CT molecular complexity index is 545. The van der Waals surface area contributed by atoms with Gasteiger partial charge in [-0.3, -0.25) is 0 Å². The van der Waals surface area contributed by atoms with Gasteiger partial charge in [-0.15, -0.1) is 0 Å². The molecule has 4 nitrogen and oxygen atoms in total. The summed E-state index contributed by atoms with van der Waals surface area (Å²) in [4.78, 5) is 0.191.